The molecular weight excluding hydrogens is 274 g/mol. The van der Waals surface area contributed by atoms with Crippen molar-refractivity contribution in [1.29, 1.82) is 0 Å². The summed E-state index contributed by atoms with van der Waals surface area (Å²) in [5, 5.41) is 0. The van der Waals surface area contributed by atoms with Crippen molar-refractivity contribution in [3.63, 3.8) is 0 Å². The first-order chi connectivity index (χ1) is 10.8. The third kappa shape index (κ3) is 2.94. The lowest BCUT2D eigenvalue weighted by Gasteiger charge is -2.20. The van der Waals surface area contributed by atoms with Crippen LogP contribution in [0, 0.1) is 18.8 Å². The van der Waals surface area contributed by atoms with Crippen LogP contribution in [0.3, 0.4) is 0 Å². The fourth-order valence-electron chi connectivity index (χ4n) is 3.96. The lowest BCUT2D eigenvalue weighted by molar-refractivity contribution is 0.233. The largest absolute Gasteiger partial charge is 0.465 e. The van der Waals surface area contributed by atoms with Crippen molar-refractivity contribution in [1.82, 2.24) is 14.8 Å². The molecule has 2 aromatic rings. The van der Waals surface area contributed by atoms with Gasteiger partial charge in [-0.05, 0) is 43.0 Å². The molecule has 2 aliphatic rings. The highest BCUT2D eigenvalue weighted by atomic mass is 16.3. The van der Waals surface area contributed by atoms with Crippen molar-refractivity contribution in [3.05, 3.63) is 53.7 Å². The molecule has 4 heteroatoms. The zero-order valence-corrected chi connectivity index (χ0v) is 13.1. The minimum Gasteiger partial charge on any atom is -0.465 e. The van der Waals surface area contributed by atoms with Gasteiger partial charge in [-0.25, -0.2) is 0 Å². The maximum Gasteiger partial charge on any atom is 0.118 e. The van der Waals surface area contributed by atoms with E-state index in [1.54, 1.807) is 0 Å². The normalized spacial score (nSPS) is 25.7. The summed E-state index contributed by atoms with van der Waals surface area (Å²) in [6, 6.07) is 10.3. The van der Waals surface area contributed by atoms with Gasteiger partial charge in [0.15, 0.2) is 0 Å². The van der Waals surface area contributed by atoms with Gasteiger partial charge in [-0.1, -0.05) is 6.07 Å². The minimum atomic E-state index is 0.805. The molecule has 2 aliphatic heterocycles. The van der Waals surface area contributed by atoms with E-state index in [4.69, 9.17) is 4.42 Å². The van der Waals surface area contributed by atoms with Crippen LogP contribution >= 0.6 is 0 Å². The second-order valence-electron chi connectivity index (χ2n) is 6.74. The predicted molar refractivity (Wildman–Crippen MR) is 85.2 cm³/mol. The van der Waals surface area contributed by atoms with Crippen LogP contribution in [0.2, 0.25) is 0 Å². The maximum absolute atomic E-state index is 5.71. The topological polar surface area (TPSA) is 32.5 Å². The molecule has 0 saturated carbocycles. The van der Waals surface area contributed by atoms with Gasteiger partial charge in [-0.15, -0.1) is 0 Å². The summed E-state index contributed by atoms with van der Waals surface area (Å²) in [6.07, 6.45) is 1.89. The zero-order valence-electron chi connectivity index (χ0n) is 13.1. The van der Waals surface area contributed by atoms with Gasteiger partial charge in [0.05, 0.1) is 12.2 Å². The molecule has 0 unspecified atom stereocenters. The number of likely N-dealkylation sites (tertiary alicyclic amines) is 2. The number of pyridine rings is 1. The Morgan fingerprint density at radius 2 is 1.73 bits per heavy atom. The molecule has 2 aromatic heterocycles. The van der Waals surface area contributed by atoms with E-state index in [0.717, 1.165) is 36.4 Å². The Labute approximate surface area is 131 Å². The van der Waals surface area contributed by atoms with Crippen molar-refractivity contribution in [3.8, 4) is 0 Å². The Balaban J connectivity index is 1.31. The highest BCUT2D eigenvalue weighted by Gasteiger charge is 2.39. The number of aromatic nitrogens is 1. The van der Waals surface area contributed by atoms with E-state index >= 15 is 0 Å². The van der Waals surface area contributed by atoms with Gasteiger partial charge in [0, 0.05) is 38.9 Å². The number of furan rings is 1. The first kappa shape index (κ1) is 14.0. The minimum absolute atomic E-state index is 0.805. The fourth-order valence-corrected chi connectivity index (χ4v) is 3.96. The smallest absolute Gasteiger partial charge is 0.118 e. The molecule has 0 aliphatic carbocycles. The lowest BCUT2D eigenvalue weighted by atomic mass is 10.0. The molecule has 0 bridgehead atoms. The molecule has 22 heavy (non-hydrogen) atoms. The maximum atomic E-state index is 5.71. The molecule has 2 fully saturated rings. The highest BCUT2D eigenvalue weighted by Crippen LogP contribution is 2.32. The van der Waals surface area contributed by atoms with Crippen LogP contribution in [0.5, 0.6) is 0 Å². The first-order valence-corrected chi connectivity index (χ1v) is 8.16. The fraction of sp³-hybridized carbons (Fsp3) is 0.500. The summed E-state index contributed by atoms with van der Waals surface area (Å²) in [6.45, 7) is 8.76. The van der Waals surface area contributed by atoms with Gasteiger partial charge < -0.3 is 4.42 Å². The van der Waals surface area contributed by atoms with E-state index < -0.39 is 0 Å². The second-order valence-corrected chi connectivity index (χ2v) is 6.74. The molecule has 116 valence electrons. The van der Waals surface area contributed by atoms with Crippen LogP contribution in [0.15, 0.2) is 40.9 Å². The van der Waals surface area contributed by atoms with Gasteiger partial charge in [-0.2, -0.15) is 0 Å². The number of aryl methyl sites for hydroxylation is 1. The second kappa shape index (κ2) is 5.86. The third-order valence-electron chi connectivity index (χ3n) is 4.92. The van der Waals surface area contributed by atoms with Crippen molar-refractivity contribution in [2.45, 2.75) is 20.0 Å². The summed E-state index contributed by atoms with van der Waals surface area (Å²) >= 11 is 0. The molecule has 2 atom stereocenters. The number of hydrogen-bond donors (Lipinski definition) is 0. The third-order valence-corrected chi connectivity index (χ3v) is 4.92. The summed E-state index contributed by atoms with van der Waals surface area (Å²) in [5.41, 5.74) is 1.19. The van der Waals surface area contributed by atoms with Gasteiger partial charge in [0.1, 0.15) is 11.5 Å². The lowest BCUT2D eigenvalue weighted by Crippen LogP contribution is -2.28. The monoisotopic (exact) mass is 297 g/mol. The van der Waals surface area contributed by atoms with E-state index in [9.17, 15) is 0 Å². The average molecular weight is 297 g/mol. The molecular formula is C18H23N3O. The Bertz CT molecular complexity index is 610. The van der Waals surface area contributed by atoms with Gasteiger partial charge in [0.25, 0.3) is 0 Å². The number of rotatable bonds is 4. The summed E-state index contributed by atoms with van der Waals surface area (Å²) < 4.78 is 5.71. The molecule has 0 N–H and O–H groups in total. The van der Waals surface area contributed by atoms with Crippen molar-refractivity contribution in [2.75, 3.05) is 26.2 Å². The van der Waals surface area contributed by atoms with Crippen LogP contribution in [0.25, 0.3) is 0 Å². The molecule has 0 spiro atoms. The SMILES string of the molecule is Cc1ccc(CN2C[C@@H]3CN(Cc4ccccn4)C[C@H]3C2)o1. The number of nitrogens with zero attached hydrogens (tertiary/aromatic N) is 3. The van der Waals surface area contributed by atoms with E-state index in [1.165, 1.54) is 31.9 Å². The quantitative estimate of drug-likeness (QED) is 0.868. The Morgan fingerprint density at radius 3 is 2.32 bits per heavy atom. The Morgan fingerprint density at radius 1 is 1.00 bits per heavy atom. The molecule has 4 rings (SSSR count). The van der Waals surface area contributed by atoms with Crippen LogP contribution in [-0.2, 0) is 13.1 Å². The van der Waals surface area contributed by atoms with Crippen LogP contribution < -0.4 is 0 Å². The first-order valence-electron chi connectivity index (χ1n) is 8.16. The standard InChI is InChI=1S/C18H23N3O/c1-14-5-6-18(22-14)13-21-10-15-8-20(9-16(15)11-21)12-17-4-2-3-7-19-17/h2-7,15-16H,8-13H2,1H3/t15-,16-/m0/s1. The van der Waals surface area contributed by atoms with Crippen LogP contribution in [-0.4, -0.2) is 41.0 Å². The van der Waals surface area contributed by atoms with Crippen LogP contribution in [0.1, 0.15) is 17.2 Å². The molecule has 0 radical (unpaired) electrons. The molecule has 2 saturated heterocycles. The average Bonchev–Trinajstić information content (AvgIpc) is 3.16. The number of hydrogen-bond acceptors (Lipinski definition) is 4. The molecule has 4 heterocycles. The van der Waals surface area contributed by atoms with Crippen molar-refractivity contribution in [2.24, 2.45) is 11.8 Å². The molecule has 0 amide bonds. The van der Waals surface area contributed by atoms with Gasteiger partial charge in [0.2, 0.25) is 0 Å². The Kier molecular flexibility index (Phi) is 3.72. The van der Waals surface area contributed by atoms with Crippen molar-refractivity contribution < 1.29 is 4.42 Å². The Hall–Kier alpha value is -1.65. The summed E-state index contributed by atoms with van der Waals surface area (Å²) in [5.74, 6) is 3.72. The van der Waals surface area contributed by atoms with E-state index in [2.05, 4.69) is 39.0 Å². The number of fused-ring (bicyclic) bond motifs is 1. The zero-order chi connectivity index (χ0) is 14.9. The summed E-state index contributed by atoms with van der Waals surface area (Å²) in [4.78, 5) is 9.55. The van der Waals surface area contributed by atoms with E-state index in [0.29, 0.717) is 0 Å². The molecule has 0 aromatic carbocycles. The van der Waals surface area contributed by atoms with Crippen LogP contribution in [0.4, 0.5) is 0 Å². The summed E-state index contributed by atoms with van der Waals surface area (Å²) in [7, 11) is 0. The van der Waals surface area contributed by atoms with Crippen molar-refractivity contribution >= 4 is 0 Å². The van der Waals surface area contributed by atoms with Gasteiger partial charge in [-0.3, -0.25) is 14.8 Å². The van der Waals surface area contributed by atoms with E-state index in [-0.39, 0.29) is 0 Å². The van der Waals surface area contributed by atoms with E-state index in [1.807, 2.05) is 19.2 Å². The predicted octanol–water partition coefficient (Wildman–Crippen LogP) is 2.55. The molecule has 4 nitrogen and oxygen atoms in total. The highest BCUT2D eigenvalue weighted by molar-refractivity contribution is 5.07. The van der Waals surface area contributed by atoms with Gasteiger partial charge >= 0.3 is 0 Å².